The van der Waals surface area contributed by atoms with E-state index in [4.69, 9.17) is 9.97 Å². The smallest absolute Gasteiger partial charge is 0.230 e. The molecular formula is C24H26N4OS3. The number of thiazole rings is 1. The van der Waals surface area contributed by atoms with Crippen LogP contribution in [0, 0.1) is 41.5 Å². The summed E-state index contributed by atoms with van der Waals surface area (Å²) in [6, 6.07) is 4.22. The maximum Gasteiger partial charge on any atom is 0.230 e. The van der Waals surface area contributed by atoms with Crippen LogP contribution in [0.1, 0.15) is 45.6 Å². The minimum Gasteiger partial charge on any atom is -0.274 e. The predicted molar refractivity (Wildman–Crippen MR) is 137 cm³/mol. The van der Waals surface area contributed by atoms with Gasteiger partial charge in [-0.15, -0.1) is 22.7 Å². The lowest BCUT2D eigenvalue weighted by Crippen LogP contribution is -2.24. The van der Waals surface area contributed by atoms with Gasteiger partial charge in [0.25, 0.3) is 0 Å². The lowest BCUT2D eigenvalue weighted by atomic mass is 10.0. The van der Waals surface area contributed by atoms with E-state index in [0.717, 1.165) is 43.6 Å². The van der Waals surface area contributed by atoms with E-state index in [1.54, 1.807) is 34.9 Å². The Kier molecular flexibility index (Phi) is 6.38. The molecule has 8 heteroatoms. The van der Waals surface area contributed by atoms with Crippen molar-refractivity contribution in [3.05, 3.63) is 56.2 Å². The molecule has 4 aromatic rings. The summed E-state index contributed by atoms with van der Waals surface area (Å²) in [7, 11) is 0. The van der Waals surface area contributed by atoms with Crippen molar-refractivity contribution in [3.63, 3.8) is 0 Å². The first kappa shape index (κ1) is 22.9. The standard InChI is InChI=1S/C24H26N4OS3/c1-12-8-13(2)21(14(3)9-12)28(18(7)29)24-27-19(11-31-24)10-30-22-20-15(4)16(5)32-23(20)26-17(6)25-22/h8-9,11H,10H2,1-7H3. The molecule has 1 amide bonds. The topological polar surface area (TPSA) is 59.0 Å². The molecule has 0 unspecified atom stereocenters. The van der Waals surface area contributed by atoms with Crippen LogP contribution in [0.4, 0.5) is 10.8 Å². The van der Waals surface area contributed by atoms with Crippen LogP contribution in [0.2, 0.25) is 0 Å². The maximum atomic E-state index is 12.6. The van der Waals surface area contributed by atoms with Crippen molar-refractivity contribution in [2.45, 2.75) is 59.2 Å². The number of hydrogen-bond acceptors (Lipinski definition) is 7. The Morgan fingerprint density at radius 3 is 2.38 bits per heavy atom. The molecule has 0 atom stereocenters. The van der Waals surface area contributed by atoms with Gasteiger partial charge in [0.15, 0.2) is 5.13 Å². The summed E-state index contributed by atoms with van der Waals surface area (Å²) in [6.45, 7) is 14.0. The van der Waals surface area contributed by atoms with Gasteiger partial charge in [-0.25, -0.2) is 15.0 Å². The number of aryl methyl sites for hydroxylation is 6. The zero-order valence-corrected chi connectivity index (χ0v) is 21.8. The molecule has 0 aliphatic rings. The molecule has 0 bridgehead atoms. The van der Waals surface area contributed by atoms with Crippen LogP contribution in [-0.4, -0.2) is 20.9 Å². The molecule has 1 aromatic carbocycles. The van der Waals surface area contributed by atoms with Gasteiger partial charge < -0.3 is 0 Å². The Bertz CT molecular complexity index is 1320. The van der Waals surface area contributed by atoms with Gasteiger partial charge in [0.2, 0.25) is 5.91 Å². The summed E-state index contributed by atoms with van der Waals surface area (Å²) >= 11 is 4.90. The minimum atomic E-state index is -0.0360. The van der Waals surface area contributed by atoms with Gasteiger partial charge in [-0.2, -0.15) is 0 Å². The fraction of sp³-hybridized carbons (Fsp3) is 0.333. The van der Waals surface area contributed by atoms with E-state index in [2.05, 4.69) is 37.9 Å². The van der Waals surface area contributed by atoms with Gasteiger partial charge in [-0.1, -0.05) is 29.5 Å². The molecule has 0 fully saturated rings. The fourth-order valence-electron chi connectivity index (χ4n) is 3.94. The number of carbonyl (C=O) groups excluding carboxylic acids is 1. The van der Waals surface area contributed by atoms with Crippen molar-refractivity contribution in [2.24, 2.45) is 0 Å². The third-order valence-electron chi connectivity index (χ3n) is 5.37. The van der Waals surface area contributed by atoms with E-state index >= 15 is 0 Å². The molecule has 3 heterocycles. The molecule has 0 N–H and O–H groups in total. The van der Waals surface area contributed by atoms with Crippen LogP contribution in [0.25, 0.3) is 10.2 Å². The van der Waals surface area contributed by atoms with Crippen LogP contribution in [0.15, 0.2) is 22.5 Å². The molecular weight excluding hydrogens is 456 g/mol. The van der Waals surface area contributed by atoms with E-state index < -0.39 is 0 Å². The van der Waals surface area contributed by atoms with Crippen LogP contribution < -0.4 is 4.90 Å². The molecule has 0 aliphatic heterocycles. The van der Waals surface area contributed by atoms with Crippen molar-refractivity contribution in [2.75, 3.05) is 4.90 Å². The Labute approximate surface area is 200 Å². The predicted octanol–water partition coefficient (Wildman–Crippen LogP) is 6.98. The first-order valence-electron chi connectivity index (χ1n) is 10.4. The summed E-state index contributed by atoms with van der Waals surface area (Å²) in [6.07, 6.45) is 0. The highest BCUT2D eigenvalue weighted by Gasteiger charge is 2.22. The SMILES string of the molecule is CC(=O)N(c1nc(CSc2nc(C)nc3sc(C)c(C)c23)cs1)c1c(C)cc(C)cc1C. The second-order valence-corrected chi connectivity index (χ2v) is 11.1. The van der Waals surface area contributed by atoms with Gasteiger partial charge in [0.05, 0.1) is 11.4 Å². The number of anilines is 2. The van der Waals surface area contributed by atoms with Crippen molar-refractivity contribution < 1.29 is 4.79 Å². The number of hydrogen-bond donors (Lipinski definition) is 0. The quantitative estimate of drug-likeness (QED) is 0.227. The number of thiophene rings is 1. The normalized spacial score (nSPS) is 11.3. The third-order valence-corrected chi connectivity index (χ3v) is 8.35. The number of benzene rings is 1. The second kappa shape index (κ2) is 8.92. The third kappa shape index (κ3) is 4.31. The number of carbonyl (C=O) groups is 1. The molecule has 32 heavy (non-hydrogen) atoms. The first-order chi connectivity index (χ1) is 15.2. The Hall–Kier alpha value is -2.29. The Balaban J connectivity index is 1.63. The van der Waals surface area contributed by atoms with Crippen LogP contribution >= 0.6 is 34.4 Å². The summed E-state index contributed by atoms with van der Waals surface area (Å²) < 4.78 is 0. The molecule has 0 spiro atoms. The lowest BCUT2D eigenvalue weighted by Gasteiger charge is -2.23. The zero-order valence-electron chi connectivity index (χ0n) is 19.4. The second-order valence-electron chi connectivity index (χ2n) is 8.05. The van der Waals surface area contributed by atoms with Crippen LogP contribution in [0.5, 0.6) is 0 Å². The molecule has 166 valence electrons. The van der Waals surface area contributed by atoms with Gasteiger partial charge >= 0.3 is 0 Å². The monoisotopic (exact) mass is 482 g/mol. The van der Waals surface area contributed by atoms with Crippen molar-refractivity contribution >= 4 is 61.4 Å². The molecule has 0 aliphatic carbocycles. The largest absolute Gasteiger partial charge is 0.274 e. The van der Waals surface area contributed by atoms with Gasteiger partial charge in [0.1, 0.15) is 15.7 Å². The lowest BCUT2D eigenvalue weighted by molar-refractivity contribution is -0.115. The van der Waals surface area contributed by atoms with Crippen LogP contribution in [-0.2, 0) is 10.5 Å². The van der Waals surface area contributed by atoms with Gasteiger partial charge in [-0.3, -0.25) is 9.69 Å². The highest BCUT2D eigenvalue weighted by molar-refractivity contribution is 7.98. The summed E-state index contributed by atoms with van der Waals surface area (Å²) in [4.78, 5) is 30.8. The molecule has 0 saturated carbocycles. The van der Waals surface area contributed by atoms with Crippen LogP contribution in [0.3, 0.4) is 0 Å². The zero-order chi connectivity index (χ0) is 23.2. The Morgan fingerprint density at radius 1 is 1.03 bits per heavy atom. The van der Waals surface area contributed by atoms with Gasteiger partial charge in [0, 0.05) is 28.3 Å². The summed E-state index contributed by atoms with van der Waals surface area (Å²) in [5, 5.41) is 4.88. The highest BCUT2D eigenvalue weighted by atomic mass is 32.2. The first-order valence-corrected chi connectivity index (χ1v) is 13.0. The number of rotatable bonds is 5. The van der Waals surface area contributed by atoms with E-state index in [1.807, 2.05) is 26.2 Å². The molecule has 5 nitrogen and oxygen atoms in total. The number of aromatic nitrogens is 3. The van der Waals surface area contributed by atoms with Crippen molar-refractivity contribution in [3.8, 4) is 0 Å². The maximum absolute atomic E-state index is 12.6. The summed E-state index contributed by atoms with van der Waals surface area (Å²) in [5.74, 6) is 1.44. The van der Waals surface area contributed by atoms with E-state index in [9.17, 15) is 4.79 Å². The van der Waals surface area contributed by atoms with E-state index in [1.165, 1.54) is 27.3 Å². The average molecular weight is 483 g/mol. The number of nitrogens with zero attached hydrogens (tertiary/aromatic N) is 4. The number of thioether (sulfide) groups is 1. The minimum absolute atomic E-state index is 0.0360. The summed E-state index contributed by atoms with van der Waals surface area (Å²) in [5.41, 5.74) is 6.46. The molecule has 0 saturated heterocycles. The van der Waals surface area contributed by atoms with E-state index in [0.29, 0.717) is 10.9 Å². The van der Waals surface area contributed by atoms with E-state index in [-0.39, 0.29) is 5.91 Å². The average Bonchev–Trinajstić information content (AvgIpc) is 3.26. The van der Waals surface area contributed by atoms with Gasteiger partial charge in [-0.05, 0) is 58.2 Å². The Morgan fingerprint density at radius 2 is 1.72 bits per heavy atom. The highest BCUT2D eigenvalue weighted by Crippen LogP contribution is 2.38. The van der Waals surface area contributed by atoms with Crippen molar-refractivity contribution in [1.29, 1.82) is 0 Å². The fourth-order valence-corrected chi connectivity index (χ4v) is 7.08. The molecule has 3 aromatic heterocycles. The number of amides is 1. The number of fused-ring (bicyclic) bond motifs is 1. The molecule has 4 rings (SSSR count). The molecule has 0 radical (unpaired) electrons. The van der Waals surface area contributed by atoms with Crippen molar-refractivity contribution in [1.82, 2.24) is 15.0 Å².